The Kier molecular flexibility index (Phi) is 6.10. The first-order chi connectivity index (χ1) is 14.2. The number of methoxy groups -OCH3 is 1. The second kappa shape index (κ2) is 8.57. The topological polar surface area (TPSA) is 85.2 Å². The minimum absolute atomic E-state index is 0.0444. The van der Waals surface area contributed by atoms with Gasteiger partial charge in [-0.2, -0.15) is 0 Å². The average molecular weight is 409 g/mol. The van der Waals surface area contributed by atoms with Crippen molar-refractivity contribution in [3.05, 3.63) is 53.9 Å². The van der Waals surface area contributed by atoms with Crippen LogP contribution in [0.1, 0.15) is 37.0 Å². The molecule has 0 aliphatic heterocycles. The van der Waals surface area contributed by atoms with Gasteiger partial charge in [0.05, 0.1) is 23.7 Å². The number of ether oxygens (including phenoxy) is 1. The molecule has 7 heteroatoms. The summed E-state index contributed by atoms with van der Waals surface area (Å²) in [6.07, 6.45) is 0.579. The first kappa shape index (κ1) is 21.4. The maximum atomic E-state index is 12.4. The molecule has 0 aliphatic rings. The highest BCUT2D eigenvalue weighted by Gasteiger charge is 2.21. The summed E-state index contributed by atoms with van der Waals surface area (Å²) in [4.78, 5) is 29.3. The van der Waals surface area contributed by atoms with E-state index < -0.39 is 5.41 Å². The van der Waals surface area contributed by atoms with Crippen molar-refractivity contribution in [1.82, 2.24) is 14.9 Å². The van der Waals surface area contributed by atoms with E-state index in [2.05, 4.69) is 15.6 Å². The molecule has 3 aromatic rings. The number of fused-ring (bicyclic) bond motifs is 1. The van der Waals surface area contributed by atoms with Gasteiger partial charge in [-0.3, -0.25) is 9.59 Å². The van der Waals surface area contributed by atoms with E-state index in [0.717, 1.165) is 22.5 Å². The molecule has 2 amide bonds. The summed E-state index contributed by atoms with van der Waals surface area (Å²) < 4.78 is 7.24. The number of aromatic nitrogens is 2. The molecule has 0 atom stereocenters. The first-order valence-electron chi connectivity index (χ1n) is 9.88. The average Bonchev–Trinajstić information content (AvgIpc) is 3.02. The van der Waals surface area contributed by atoms with Crippen molar-refractivity contribution in [2.45, 2.75) is 27.2 Å². The molecule has 0 saturated carbocycles. The van der Waals surface area contributed by atoms with Gasteiger partial charge in [-0.15, -0.1) is 0 Å². The summed E-state index contributed by atoms with van der Waals surface area (Å²) in [5.41, 5.74) is 2.52. The van der Waals surface area contributed by atoms with E-state index in [1.165, 1.54) is 0 Å². The van der Waals surface area contributed by atoms with Gasteiger partial charge in [-0.1, -0.05) is 32.9 Å². The summed E-state index contributed by atoms with van der Waals surface area (Å²) in [6.45, 7) is 6.07. The van der Waals surface area contributed by atoms with Crippen molar-refractivity contribution < 1.29 is 14.3 Å². The number of nitrogens with zero attached hydrogens (tertiary/aromatic N) is 2. The number of rotatable bonds is 6. The Morgan fingerprint density at radius 2 is 1.87 bits per heavy atom. The van der Waals surface area contributed by atoms with E-state index >= 15 is 0 Å². The van der Waals surface area contributed by atoms with Gasteiger partial charge in [0.15, 0.2) is 0 Å². The van der Waals surface area contributed by atoms with Crippen LogP contribution in [0.15, 0.2) is 42.5 Å². The van der Waals surface area contributed by atoms with E-state index in [9.17, 15) is 9.59 Å². The van der Waals surface area contributed by atoms with Crippen LogP contribution in [0.5, 0.6) is 5.75 Å². The summed E-state index contributed by atoms with van der Waals surface area (Å²) in [5.74, 6) is 1.17. The Hall–Kier alpha value is -3.35. The molecule has 0 bridgehead atoms. The highest BCUT2D eigenvalue weighted by molar-refractivity contribution is 5.97. The monoisotopic (exact) mass is 408 g/mol. The summed E-state index contributed by atoms with van der Waals surface area (Å²) in [5, 5.41) is 5.85. The number of carbonyl (C=O) groups is 2. The van der Waals surface area contributed by atoms with E-state index in [0.29, 0.717) is 24.3 Å². The largest absolute Gasteiger partial charge is 0.496 e. The van der Waals surface area contributed by atoms with E-state index in [-0.39, 0.29) is 11.8 Å². The summed E-state index contributed by atoms with van der Waals surface area (Å²) in [7, 11) is 3.49. The maximum Gasteiger partial charge on any atom is 0.255 e. The third-order valence-electron chi connectivity index (χ3n) is 4.90. The van der Waals surface area contributed by atoms with Crippen LogP contribution >= 0.6 is 0 Å². The minimum Gasteiger partial charge on any atom is -0.496 e. The lowest BCUT2D eigenvalue weighted by molar-refractivity contribution is -0.123. The van der Waals surface area contributed by atoms with Crippen molar-refractivity contribution in [2.24, 2.45) is 12.5 Å². The number of hydrogen-bond donors (Lipinski definition) is 2. The van der Waals surface area contributed by atoms with Crippen LogP contribution in [0.4, 0.5) is 5.69 Å². The van der Waals surface area contributed by atoms with Gasteiger partial charge in [0.1, 0.15) is 11.6 Å². The fraction of sp³-hybridized carbons (Fsp3) is 0.348. The molecule has 30 heavy (non-hydrogen) atoms. The highest BCUT2D eigenvalue weighted by atomic mass is 16.5. The number of imidazole rings is 1. The van der Waals surface area contributed by atoms with Crippen molar-refractivity contribution in [3.63, 3.8) is 0 Å². The van der Waals surface area contributed by atoms with E-state index in [4.69, 9.17) is 4.74 Å². The quantitative estimate of drug-likeness (QED) is 0.653. The highest BCUT2D eigenvalue weighted by Crippen LogP contribution is 2.22. The molecule has 7 nitrogen and oxygen atoms in total. The normalized spacial score (nSPS) is 11.4. The molecule has 158 valence electrons. The van der Waals surface area contributed by atoms with Gasteiger partial charge in [0, 0.05) is 31.1 Å². The molecule has 0 saturated heterocycles. The number of aryl methyl sites for hydroxylation is 1. The van der Waals surface area contributed by atoms with Gasteiger partial charge in [0.25, 0.3) is 5.91 Å². The fourth-order valence-electron chi connectivity index (χ4n) is 3.08. The first-order valence-corrected chi connectivity index (χ1v) is 9.88. The molecular formula is C23H28N4O3. The standard InChI is InChI=1S/C23H28N4O3/c1-23(2,3)22(29)25-15-10-11-18-17(14-15)26-20(27(18)4)12-13-24-21(28)16-8-6-7-9-19(16)30-5/h6-11,14H,12-13H2,1-5H3,(H,24,28)(H,25,29). The molecular weight excluding hydrogens is 380 g/mol. The molecule has 0 spiro atoms. The van der Waals surface area contributed by atoms with Crippen LogP contribution in [-0.2, 0) is 18.3 Å². The molecule has 0 radical (unpaired) electrons. The van der Waals surface area contributed by atoms with Crippen LogP contribution in [0, 0.1) is 5.41 Å². The van der Waals surface area contributed by atoms with Gasteiger partial charge in [0.2, 0.25) is 5.91 Å². The van der Waals surface area contributed by atoms with E-state index in [1.54, 1.807) is 25.3 Å². The second-order valence-corrected chi connectivity index (χ2v) is 8.20. The summed E-state index contributed by atoms with van der Waals surface area (Å²) >= 11 is 0. The number of nitrogens with one attached hydrogen (secondary N) is 2. The van der Waals surface area contributed by atoms with Gasteiger partial charge in [-0.25, -0.2) is 4.98 Å². The Labute approximate surface area is 176 Å². The van der Waals surface area contributed by atoms with Crippen molar-refractivity contribution in [2.75, 3.05) is 19.0 Å². The Bertz CT molecular complexity index is 1080. The number of anilines is 1. The molecule has 0 unspecified atom stereocenters. The summed E-state index contributed by atoms with van der Waals surface area (Å²) in [6, 6.07) is 12.8. The Morgan fingerprint density at radius 1 is 1.13 bits per heavy atom. The predicted octanol–water partition coefficient (Wildman–Crippen LogP) is 3.54. The van der Waals surface area contributed by atoms with Crippen molar-refractivity contribution in [1.29, 1.82) is 0 Å². The molecule has 0 aliphatic carbocycles. The second-order valence-electron chi connectivity index (χ2n) is 8.20. The van der Waals surface area contributed by atoms with Crippen molar-refractivity contribution >= 4 is 28.5 Å². The van der Waals surface area contributed by atoms with Gasteiger partial charge >= 0.3 is 0 Å². The lowest BCUT2D eigenvalue weighted by Gasteiger charge is -2.17. The SMILES string of the molecule is COc1ccccc1C(=O)NCCc1nc2cc(NC(=O)C(C)(C)C)ccc2n1C. The molecule has 1 aromatic heterocycles. The number of carbonyl (C=O) groups excluding carboxylic acids is 2. The number of hydrogen-bond acceptors (Lipinski definition) is 4. The maximum absolute atomic E-state index is 12.4. The lowest BCUT2D eigenvalue weighted by atomic mass is 9.95. The smallest absolute Gasteiger partial charge is 0.255 e. The zero-order valence-electron chi connectivity index (χ0n) is 18.1. The molecule has 2 N–H and O–H groups in total. The fourth-order valence-corrected chi connectivity index (χ4v) is 3.08. The number of amides is 2. The Balaban J connectivity index is 1.68. The zero-order valence-corrected chi connectivity index (χ0v) is 18.1. The lowest BCUT2D eigenvalue weighted by Crippen LogP contribution is -2.27. The van der Waals surface area contributed by atoms with Gasteiger partial charge < -0.3 is 19.9 Å². The third-order valence-corrected chi connectivity index (χ3v) is 4.90. The number of para-hydroxylation sites is 1. The molecule has 1 heterocycles. The minimum atomic E-state index is -0.468. The van der Waals surface area contributed by atoms with E-state index in [1.807, 2.05) is 56.7 Å². The van der Waals surface area contributed by atoms with Crippen molar-refractivity contribution in [3.8, 4) is 5.75 Å². The predicted molar refractivity (Wildman–Crippen MR) is 118 cm³/mol. The third kappa shape index (κ3) is 4.62. The zero-order chi connectivity index (χ0) is 21.9. The molecule has 2 aromatic carbocycles. The number of benzene rings is 2. The van der Waals surface area contributed by atoms with Crippen LogP contribution in [0.25, 0.3) is 11.0 Å². The molecule has 0 fully saturated rings. The van der Waals surface area contributed by atoms with Crippen LogP contribution in [0.3, 0.4) is 0 Å². The van der Waals surface area contributed by atoms with Gasteiger partial charge in [-0.05, 0) is 30.3 Å². The van der Waals surface area contributed by atoms with Crippen LogP contribution in [-0.4, -0.2) is 35.0 Å². The Morgan fingerprint density at radius 3 is 2.57 bits per heavy atom. The van der Waals surface area contributed by atoms with Crippen LogP contribution < -0.4 is 15.4 Å². The van der Waals surface area contributed by atoms with Crippen LogP contribution in [0.2, 0.25) is 0 Å². The molecule has 3 rings (SSSR count).